The van der Waals surface area contributed by atoms with E-state index >= 15 is 0 Å². The Hall–Kier alpha value is -3.17. The summed E-state index contributed by atoms with van der Waals surface area (Å²) in [6, 6.07) is 11.5. The first-order valence-electron chi connectivity index (χ1n) is 9.63. The number of fused-ring (bicyclic) bond motifs is 1. The number of carbonyl (C=O) groups excluding carboxylic acids is 2. The Bertz CT molecular complexity index is 1070. The molecule has 2 aromatic carbocycles. The predicted octanol–water partition coefficient (Wildman–Crippen LogP) is 3.81. The average molecular weight is 447 g/mol. The molecule has 0 aliphatic carbocycles. The summed E-state index contributed by atoms with van der Waals surface area (Å²) in [5.41, 5.74) is 5.15. The maximum atomic E-state index is 14.3. The SMILES string of the molecule is CCOc1ccc(OC(C)C(=O)NNC(=O)c2sc3cccc(F)c3c2COC)cc1. The van der Waals surface area contributed by atoms with Crippen molar-refractivity contribution in [2.45, 2.75) is 26.6 Å². The Morgan fingerprint density at radius 1 is 1.10 bits per heavy atom. The van der Waals surface area contributed by atoms with Crippen molar-refractivity contribution >= 4 is 33.2 Å². The molecule has 0 saturated heterocycles. The molecule has 0 bridgehead atoms. The molecular formula is C22H23FN2O5S. The van der Waals surface area contributed by atoms with Gasteiger partial charge in [-0.1, -0.05) is 6.07 Å². The molecule has 31 heavy (non-hydrogen) atoms. The van der Waals surface area contributed by atoms with Gasteiger partial charge in [-0.15, -0.1) is 11.3 Å². The van der Waals surface area contributed by atoms with Crippen molar-refractivity contribution in [1.82, 2.24) is 10.9 Å². The summed E-state index contributed by atoms with van der Waals surface area (Å²) in [7, 11) is 1.47. The van der Waals surface area contributed by atoms with E-state index in [1.54, 1.807) is 43.3 Å². The van der Waals surface area contributed by atoms with Crippen molar-refractivity contribution in [2.24, 2.45) is 0 Å². The Balaban J connectivity index is 1.64. The van der Waals surface area contributed by atoms with Crippen LogP contribution in [0.1, 0.15) is 29.1 Å². The lowest BCUT2D eigenvalue weighted by atomic mass is 10.1. The normalized spacial score (nSPS) is 11.7. The highest BCUT2D eigenvalue weighted by molar-refractivity contribution is 7.21. The van der Waals surface area contributed by atoms with Gasteiger partial charge < -0.3 is 14.2 Å². The number of hydrazine groups is 1. The van der Waals surface area contributed by atoms with Crippen molar-refractivity contribution in [3.05, 3.63) is 58.7 Å². The van der Waals surface area contributed by atoms with Gasteiger partial charge in [0.1, 0.15) is 22.2 Å². The van der Waals surface area contributed by atoms with Gasteiger partial charge in [0.2, 0.25) is 0 Å². The number of ether oxygens (including phenoxy) is 3. The molecule has 7 nitrogen and oxygen atoms in total. The van der Waals surface area contributed by atoms with Gasteiger partial charge in [0.05, 0.1) is 13.2 Å². The fourth-order valence-corrected chi connectivity index (χ4v) is 4.07. The number of thiophene rings is 1. The first kappa shape index (κ1) is 22.5. The smallest absolute Gasteiger partial charge is 0.280 e. The standard InChI is InChI=1S/C22H23FN2O5S/c1-4-29-14-8-10-15(11-9-14)30-13(2)21(26)24-25-22(27)20-16(12-28-3)19-17(23)6-5-7-18(19)31-20/h5-11,13H,4,12H2,1-3H3,(H,24,26)(H,25,27). The molecule has 1 heterocycles. The Morgan fingerprint density at radius 3 is 2.48 bits per heavy atom. The van der Waals surface area contributed by atoms with E-state index in [1.807, 2.05) is 6.92 Å². The Kier molecular flexibility index (Phi) is 7.43. The topological polar surface area (TPSA) is 85.9 Å². The van der Waals surface area contributed by atoms with Crippen molar-refractivity contribution in [1.29, 1.82) is 0 Å². The van der Waals surface area contributed by atoms with Crippen LogP contribution in [0.5, 0.6) is 11.5 Å². The fourth-order valence-electron chi connectivity index (χ4n) is 2.95. The van der Waals surface area contributed by atoms with Crippen LogP contribution in [0.3, 0.4) is 0 Å². The van der Waals surface area contributed by atoms with Crippen LogP contribution in [0.15, 0.2) is 42.5 Å². The van der Waals surface area contributed by atoms with Crippen LogP contribution in [-0.2, 0) is 16.1 Å². The lowest BCUT2D eigenvalue weighted by Gasteiger charge is -2.15. The first-order chi connectivity index (χ1) is 14.9. The molecule has 0 saturated carbocycles. The van der Waals surface area contributed by atoms with Crippen LogP contribution >= 0.6 is 11.3 Å². The zero-order valence-electron chi connectivity index (χ0n) is 17.4. The second-order valence-corrected chi connectivity index (χ2v) is 7.62. The predicted molar refractivity (Wildman–Crippen MR) is 116 cm³/mol. The highest BCUT2D eigenvalue weighted by atomic mass is 32.1. The molecule has 1 aromatic heterocycles. The van der Waals surface area contributed by atoms with Gasteiger partial charge in [-0.3, -0.25) is 20.4 Å². The molecule has 3 aromatic rings. The average Bonchev–Trinajstić information content (AvgIpc) is 3.13. The summed E-state index contributed by atoms with van der Waals surface area (Å²) in [4.78, 5) is 25.3. The first-order valence-corrected chi connectivity index (χ1v) is 10.4. The third-order valence-electron chi connectivity index (χ3n) is 4.37. The summed E-state index contributed by atoms with van der Waals surface area (Å²) in [6.45, 7) is 4.06. The molecule has 2 N–H and O–H groups in total. The third kappa shape index (κ3) is 5.31. The minimum absolute atomic E-state index is 0.0644. The van der Waals surface area contributed by atoms with Crippen molar-refractivity contribution in [3.63, 3.8) is 0 Å². The highest BCUT2D eigenvalue weighted by Crippen LogP contribution is 2.33. The minimum Gasteiger partial charge on any atom is -0.494 e. The van der Waals surface area contributed by atoms with Crippen molar-refractivity contribution in [3.8, 4) is 11.5 Å². The van der Waals surface area contributed by atoms with Crippen LogP contribution in [0.2, 0.25) is 0 Å². The molecule has 0 spiro atoms. The zero-order valence-corrected chi connectivity index (χ0v) is 18.2. The van der Waals surface area contributed by atoms with Crippen LogP contribution in [0, 0.1) is 5.82 Å². The summed E-state index contributed by atoms with van der Waals surface area (Å²) < 4.78 is 31.0. The summed E-state index contributed by atoms with van der Waals surface area (Å²) >= 11 is 1.13. The number of methoxy groups -OCH3 is 1. The van der Waals surface area contributed by atoms with Crippen LogP contribution in [-0.4, -0.2) is 31.6 Å². The Labute approximate surface area is 183 Å². The van der Waals surface area contributed by atoms with E-state index in [1.165, 1.54) is 13.2 Å². The van der Waals surface area contributed by atoms with Gasteiger partial charge in [-0.05, 0) is 50.2 Å². The number of benzene rings is 2. The zero-order chi connectivity index (χ0) is 22.4. The molecule has 1 unspecified atom stereocenters. The van der Waals surface area contributed by atoms with Crippen molar-refractivity contribution < 1.29 is 28.2 Å². The molecule has 3 rings (SSSR count). The lowest BCUT2D eigenvalue weighted by molar-refractivity contribution is -0.128. The van der Waals surface area contributed by atoms with Gasteiger partial charge in [0, 0.05) is 22.8 Å². The molecule has 1 atom stereocenters. The van der Waals surface area contributed by atoms with Crippen LogP contribution in [0.25, 0.3) is 10.1 Å². The number of rotatable bonds is 8. The number of carbonyl (C=O) groups is 2. The fraction of sp³-hybridized carbons (Fsp3) is 0.273. The maximum absolute atomic E-state index is 14.3. The molecule has 0 aliphatic rings. The third-order valence-corrected chi connectivity index (χ3v) is 5.57. The van der Waals surface area contributed by atoms with Gasteiger partial charge in [0.25, 0.3) is 11.8 Å². The second-order valence-electron chi connectivity index (χ2n) is 6.56. The van der Waals surface area contributed by atoms with E-state index in [-0.39, 0.29) is 11.5 Å². The van der Waals surface area contributed by atoms with E-state index in [9.17, 15) is 14.0 Å². The van der Waals surface area contributed by atoms with Gasteiger partial charge in [-0.2, -0.15) is 0 Å². The number of halogens is 1. The quantitative estimate of drug-likeness (QED) is 0.514. The Morgan fingerprint density at radius 2 is 1.81 bits per heavy atom. The monoisotopic (exact) mass is 446 g/mol. The van der Waals surface area contributed by atoms with E-state index in [2.05, 4.69) is 10.9 Å². The number of hydrogen-bond acceptors (Lipinski definition) is 6. The molecule has 9 heteroatoms. The van der Waals surface area contributed by atoms with Crippen LogP contribution in [0.4, 0.5) is 4.39 Å². The molecular weight excluding hydrogens is 423 g/mol. The molecule has 0 radical (unpaired) electrons. The molecule has 0 fully saturated rings. The maximum Gasteiger partial charge on any atom is 0.280 e. The van der Waals surface area contributed by atoms with Gasteiger partial charge in [0.15, 0.2) is 6.10 Å². The number of nitrogens with one attached hydrogen (secondary N) is 2. The van der Waals surface area contributed by atoms with E-state index in [0.717, 1.165) is 11.3 Å². The van der Waals surface area contributed by atoms with Gasteiger partial charge >= 0.3 is 0 Å². The molecule has 2 amide bonds. The summed E-state index contributed by atoms with van der Waals surface area (Å²) in [5.74, 6) is -0.344. The molecule has 164 valence electrons. The minimum atomic E-state index is -0.864. The summed E-state index contributed by atoms with van der Waals surface area (Å²) in [6.07, 6.45) is -0.864. The second kappa shape index (κ2) is 10.2. The van der Waals surface area contributed by atoms with E-state index in [0.29, 0.717) is 33.8 Å². The summed E-state index contributed by atoms with van der Waals surface area (Å²) in [5, 5.41) is 0.345. The highest BCUT2D eigenvalue weighted by Gasteiger charge is 2.22. The lowest BCUT2D eigenvalue weighted by Crippen LogP contribution is -2.47. The number of amides is 2. The molecule has 0 aliphatic heterocycles. The van der Waals surface area contributed by atoms with E-state index in [4.69, 9.17) is 14.2 Å². The van der Waals surface area contributed by atoms with Gasteiger partial charge in [-0.25, -0.2) is 4.39 Å². The van der Waals surface area contributed by atoms with Crippen molar-refractivity contribution in [2.75, 3.05) is 13.7 Å². The largest absolute Gasteiger partial charge is 0.494 e. The number of hydrogen-bond donors (Lipinski definition) is 2. The van der Waals surface area contributed by atoms with E-state index < -0.39 is 23.7 Å². The van der Waals surface area contributed by atoms with Crippen LogP contribution < -0.4 is 20.3 Å².